The molecule has 2 bridgehead atoms. The van der Waals surface area contributed by atoms with Crippen molar-refractivity contribution >= 4 is 8.32 Å². The minimum atomic E-state index is -1.97. The van der Waals surface area contributed by atoms with Crippen LogP contribution in [0.1, 0.15) is 80.1 Å². The van der Waals surface area contributed by atoms with E-state index >= 15 is 0 Å². The Labute approximate surface area is 169 Å². The maximum Gasteiger partial charge on any atom is 0.194 e. The Hall–Kier alpha value is -1.04. The van der Waals surface area contributed by atoms with E-state index in [9.17, 15) is 0 Å². The summed E-state index contributed by atoms with van der Waals surface area (Å²) in [6.45, 7) is 22.8. The molecule has 0 fully saturated rings. The fourth-order valence-electron chi connectivity index (χ4n) is 3.85. The Balaban J connectivity index is 2.58. The van der Waals surface area contributed by atoms with Crippen LogP contribution in [0.15, 0.2) is 35.5 Å². The Morgan fingerprint density at radius 1 is 1.15 bits per heavy atom. The summed E-state index contributed by atoms with van der Waals surface area (Å²) in [5, 5.41) is 0.165. The molecule has 0 radical (unpaired) electrons. The van der Waals surface area contributed by atoms with Crippen LogP contribution in [0.25, 0.3) is 0 Å². The molecule has 150 valence electrons. The Morgan fingerprint density at radius 2 is 1.81 bits per heavy atom. The molecule has 0 aromatic heterocycles. The van der Waals surface area contributed by atoms with Crippen LogP contribution >= 0.6 is 0 Å². The molecule has 1 atom stereocenters. The first-order valence-electron chi connectivity index (χ1n) is 10.6. The molecule has 0 heterocycles. The van der Waals surface area contributed by atoms with Crippen molar-refractivity contribution in [1.82, 2.24) is 0 Å². The summed E-state index contributed by atoms with van der Waals surface area (Å²) < 4.78 is 7.16. The highest BCUT2D eigenvalue weighted by molar-refractivity contribution is 6.74. The third-order valence-electron chi connectivity index (χ3n) is 7.10. The Kier molecular flexibility index (Phi) is 6.40. The molecule has 2 aliphatic carbocycles. The van der Waals surface area contributed by atoms with Crippen LogP contribution in [0.5, 0.6) is 0 Å². The van der Waals surface area contributed by atoms with E-state index in [0.29, 0.717) is 0 Å². The average Bonchev–Trinajstić information content (AvgIpc) is 2.52. The third kappa shape index (κ3) is 4.69. The highest BCUT2D eigenvalue weighted by Gasteiger charge is 2.53. The zero-order valence-electron chi connectivity index (χ0n) is 19.0. The Bertz CT molecular complexity index is 703. The number of hydrogen-bond donors (Lipinski definition) is 0. The second-order valence-corrected chi connectivity index (χ2v) is 15.3. The summed E-state index contributed by atoms with van der Waals surface area (Å²) in [5.74, 6) is 7.11. The topological polar surface area (TPSA) is 9.23 Å². The molecule has 1 unspecified atom stereocenters. The number of hydrogen-bond acceptors (Lipinski definition) is 1. The van der Waals surface area contributed by atoms with Gasteiger partial charge in [-0.3, -0.25) is 0 Å². The SMILES string of the molecule is C=C1C#CC2(O[Si](C)(C)C(C)(C)C)CCC=C(C/C=C(/C)CCC1)C2(C)C. The predicted molar refractivity (Wildman–Crippen MR) is 121 cm³/mol. The van der Waals surface area contributed by atoms with Gasteiger partial charge in [0.25, 0.3) is 0 Å². The molecule has 2 rings (SSSR count). The summed E-state index contributed by atoms with van der Waals surface area (Å²) in [6.07, 6.45) is 11.2. The standard InChI is InChI=1S/C25H40OSi/c1-20-12-10-13-21(2)17-19-25(26-27(8,9)23(3,4)5)18-11-14-22(16-15-20)24(25,6)7/h14-15H,2,10-13,16,18H2,1,3-9H3/b20-15-. The van der Waals surface area contributed by atoms with Gasteiger partial charge in [0.05, 0.1) is 0 Å². The lowest BCUT2D eigenvalue weighted by Gasteiger charge is -2.53. The van der Waals surface area contributed by atoms with Crippen molar-refractivity contribution in [1.29, 1.82) is 0 Å². The van der Waals surface area contributed by atoms with Crippen LogP contribution in [0.4, 0.5) is 0 Å². The average molecular weight is 385 g/mol. The van der Waals surface area contributed by atoms with Crippen LogP contribution in [-0.2, 0) is 4.43 Å². The van der Waals surface area contributed by atoms with E-state index < -0.39 is 13.9 Å². The Morgan fingerprint density at radius 3 is 2.44 bits per heavy atom. The van der Waals surface area contributed by atoms with Crippen molar-refractivity contribution in [2.75, 3.05) is 0 Å². The van der Waals surface area contributed by atoms with E-state index in [1.807, 2.05) is 0 Å². The number of allylic oxidation sites excluding steroid dienone is 4. The molecule has 2 heteroatoms. The van der Waals surface area contributed by atoms with Gasteiger partial charge >= 0.3 is 0 Å². The number of rotatable bonds is 2. The van der Waals surface area contributed by atoms with E-state index in [2.05, 4.69) is 85.2 Å². The smallest absolute Gasteiger partial charge is 0.194 e. The second-order valence-electron chi connectivity index (χ2n) is 10.5. The molecule has 1 nitrogen and oxygen atoms in total. The van der Waals surface area contributed by atoms with Gasteiger partial charge in [-0.1, -0.05) is 76.3 Å². The second kappa shape index (κ2) is 7.76. The van der Waals surface area contributed by atoms with E-state index in [-0.39, 0.29) is 10.5 Å². The van der Waals surface area contributed by atoms with E-state index in [4.69, 9.17) is 4.43 Å². The van der Waals surface area contributed by atoms with E-state index in [1.54, 1.807) is 0 Å². The van der Waals surface area contributed by atoms with Gasteiger partial charge in [-0.25, -0.2) is 0 Å². The lowest BCUT2D eigenvalue weighted by atomic mass is 9.63. The molecule has 0 aromatic rings. The zero-order chi connectivity index (χ0) is 20.5. The summed E-state index contributed by atoms with van der Waals surface area (Å²) in [7, 11) is -1.97. The summed E-state index contributed by atoms with van der Waals surface area (Å²) in [6, 6.07) is 0. The van der Waals surface area contributed by atoms with Crippen LogP contribution < -0.4 is 0 Å². The number of fused-ring (bicyclic) bond motifs is 2. The molecule has 0 N–H and O–H groups in total. The molecule has 0 spiro atoms. The largest absolute Gasteiger partial charge is 0.400 e. The molecule has 27 heavy (non-hydrogen) atoms. The highest BCUT2D eigenvalue weighted by atomic mass is 28.4. The first kappa shape index (κ1) is 22.2. The molecule has 0 saturated carbocycles. The van der Waals surface area contributed by atoms with Crippen LogP contribution in [0.3, 0.4) is 0 Å². The fourth-order valence-corrected chi connectivity index (χ4v) is 5.43. The predicted octanol–water partition coefficient (Wildman–Crippen LogP) is 7.57. The minimum Gasteiger partial charge on any atom is -0.400 e. The van der Waals surface area contributed by atoms with Crippen molar-refractivity contribution < 1.29 is 4.43 Å². The van der Waals surface area contributed by atoms with Gasteiger partial charge in [0, 0.05) is 5.41 Å². The molecular formula is C25H40OSi. The first-order chi connectivity index (χ1) is 12.3. The maximum atomic E-state index is 7.16. The summed E-state index contributed by atoms with van der Waals surface area (Å²) >= 11 is 0. The van der Waals surface area contributed by atoms with Crippen molar-refractivity contribution in [3.05, 3.63) is 35.5 Å². The summed E-state index contributed by atoms with van der Waals surface area (Å²) in [5.41, 5.74) is 3.48. The molecule has 0 saturated heterocycles. The molecule has 2 aliphatic rings. The van der Waals surface area contributed by atoms with Crippen molar-refractivity contribution in [2.45, 2.75) is 104 Å². The van der Waals surface area contributed by atoms with E-state index in [1.165, 1.54) is 11.1 Å². The maximum absolute atomic E-state index is 7.16. The monoisotopic (exact) mass is 384 g/mol. The van der Waals surface area contributed by atoms with Gasteiger partial charge in [-0.05, 0) is 69.2 Å². The first-order valence-corrected chi connectivity index (χ1v) is 13.5. The third-order valence-corrected chi connectivity index (χ3v) is 11.6. The van der Waals surface area contributed by atoms with Crippen LogP contribution in [0.2, 0.25) is 18.1 Å². The van der Waals surface area contributed by atoms with Gasteiger partial charge in [0.1, 0.15) is 5.60 Å². The quantitative estimate of drug-likeness (QED) is 0.271. The molecule has 0 aromatic carbocycles. The van der Waals surface area contributed by atoms with Gasteiger partial charge < -0.3 is 4.43 Å². The summed E-state index contributed by atoms with van der Waals surface area (Å²) in [4.78, 5) is 0. The van der Waals surface area contributed by atoms with Crippen molar-refractivity contribution in [3.63, 3.8) is 0 Å². The van der Waals surface area contributed by atoms with Crippen molar-refractivity contribution in [2.24, 2.45) is 5.41 Å². The van der Waals surface area contributed by atoms with Crippen LogP contribution in [-0.4, -0.2) is 13.9 Å². The van der Waals surface area contributed by atoms with Gasteiger partial charge in [-0.15, -0.1) is 0 Å². The van der Waals surface area contributed by atoms with Crippen molar-refractivity contribution in [3.8, 4) is 11.8 Å². The molecule has 0 aliphatic heterocycles. The van der Waals surface area contributed by atoms with E-state index in [0.717, 1.165) is 44.1 Å². The highest BCUT2D eigenvalue weighted by Crippen LogP contribution is 2.52. The normalized spacial score (nSPS) is 28.7. The minimum absolute atomic E-state index is 0.107. The fraction of sp³-hybridized carbons (Fsp3) is 0.680. The molecule has 0 amide bonds. The van der Waals surface area contributed by atoms with Gasteiger partial charge in [0.2, 0.25) is 0 Å². The lowest BCUT2D eigenvalue weighted by Crippen LogP contribution is -2.57. The van der Waals surface area contributed by atoms with Gasteiger partial charge in [-0.2, -0.15) is 0 Å². The molecular weight excluding hydrogens is 344 g/mol. The zero-order valence-corrected chi connectivity index (χ0v) is 20.0. The lowest BCUT2D eigenvalue weighted by molar-refractivity contribution is 0.00372. The van der Waals surface area contributed by atoms with Gasteiger partial charge in [0.15, 0.2) is 8.32 Å². The van der Waals surface area contributed by atoms with Crippen LogP contribution in [0, 0.1) is 17.3 Å².